The van der Waals surface area contributed by atoms with Gasteiger partial charge < -0.3 is 0 Å². The van der Waals surface area contributed by atoms with Gasteiger partial charge in [0.25, 0.3) is 0 Å². The van der Waals surface area contributed by atoms with Crippen LogP contribution in [0, 0.1) is 27.7 Å². The molecule has 0 unspecified atom stereocenters. The Morgan fingerprint density at radius 3 is 0.774 bits per heavy atom. The topological polar surface area (TPSA) is 17.1 Å². The zero-order valence-electron chi connectivity index (χ0n) is 18.7. The molecule has 4 aromatic rings. The fraction of sp³-hybridized carbons (Fsp3) is 0.138. The van der Waals surface area contributed by atoms with Gasteiger partial charge >= 0.3 is 186 Å². The molecule has 0 atom stereocenters. The summed E-state index contributed by atoms with van der Waals surface area (Å²) in [4.78, 5) is 13.7. The van der Waals surface area contributed by atoms with Gasteiger partial charge in [-0.25, -0.2) is 0 Å². The number of hydrogen-bond donors (Lipinski definition) is 0. The third-order valence-electron chi connectivity index (χ3n) is 6.49. The average Bonchev–Trinajstić information content (AvgIpc) is 2.79. The molecule has 1 nitrogen and oxygen atoms in total. The van der Waals surface area contributed by atoms with Crippen LogP contribution in [0.4, 0.5) is 0 Å². The average molecular weight is 425 g/mol. The predicted octanol–water partition coefficient (Wildman–Crippen LogP) is 5.27. The maximum absolute atomic E-state index is 13.7. The van der Waals surface area contributed by atoms with Gasteiger partial charge in [-0.2, -0.15) is 0 Å². The quantitative estimate of drug-likeness (QED) is 0.315. The summed E-state index contributed by atoms with van der Waals surface area (Å²) in [6, 6.07) is 35.5. The van der Waals surface area contributed by atoms with Crippen LogP contribution in [-0.4, -0.2) is 6.03 Å². The van der Waals surface area contributed by atoms with Crippen molar-refractivity contribution in [2.24, 2.45) is 0 Å². The second-order valence-corrected chi connectivity index (χ2v) is 13.3. The molecule has 0 fully saturated rings. The molecule has 0 aliphatic rings. The van der Waals surface area contributed by atoms with Crippen LogP contribution in [0.5, 0.6) is 0 Å². The molecule has 4 aromatic carbocycles. The molecular formula is C29H29OP. The molecule has 0 aliphatic carbocycles. The minimum atomic E-state index is -3.62. The number of carbonyl (C=O) groups excluding carboxylic acids is 1. The third-order valence-corrected chi connectivity index (χ3v) is 12.4. The second-order valence-electron chi connectivity index (χ2n) is 8.63. The Balaban J connectivity index is 2.27. The van der Waals surface area contributed by atoms with Gasteiger partial charge in [-0.15, -0.1) is 0 Å². The molecule has 0 heterocycles. The second kappa shape index (κ2) is 7.91. The third kappa shape index (κ3) is 3.16. The summed E-state index contributed by atoms with van der Waals surface area (Å²) >= 11 is 0. The standard InChI is InChI=1S/C29H29OP/c1-22-5-13-26(14-6-22)31(21-30,27-15-7-23(2)8-16-27,28-17-9-24(3)10-18-28)29-19-11-25(4)12-20-29/h5-21H,1-4H3. The van der Waals surface area contributed by atoms with Crippen LogP contribution in [0.2, 0.25) is 0 Å². The van der Waals surface area contributed by atoms with Crippen LogP contribution in [0.15, 0.2) is 97.1 Å². The van der Waals surface area contributed by atoms with Crippen molar-refractivity contribution in [2.75, 3.05) is 0 Å². The monoisotopic (exact) mass is 424 g/mol. The molecule has 2 heteroatoms. The normalized spacial score (nSPS) is 12.7. The number of hydrogen-bond acceptors (Lipinski definition) is 1. The van der Waals surface area contributed by atoms with Gasteiger partial charge in [-0.1, -0.05) is 0 Å². The Morgan fingerprint density at radius 1 is 0.419 bits per heavy atom. The summed E-state index contributed by atoms with van der Waals surface area (Å²) in [6.45, 7) is 4.73. The predicted molar refractivity (Wildman–Crippen MR) is 137 cm³/mol. The molecule has 0 saturated heterocycles. The first-order valence-electron chi connectivity index (χ1n) is 10.7. The van der Waals surface area contributed by atoms with E-state index in [4.69, 9.17) is 0 Å². The maximum atomic E-state index is 13.7. The van der Waals surface area contributed by atoms with E-state index < -0.39 is 6.60 Å². The fourth-order valence-electron chi connectivity index (χ4n) is 4.56. The van der Waals surface area contributed by atoms with Crippen LogP contribution in [0.3, 0.4) is 0 Å². The van der Waals surface area contributed by atoms with Crippen molar-refractivity contribution in [1.82, 2.24) is 0 Å². The Bertz CT molecular complexity index is 1010. The molecule has 0 aliphatic heterocycles. The summed E-state index contributed by atoms with van der Waals surface area (Å²) in [5.74, 6) is 0. The van der Waals surface area contributed by atoms with Gasteiger partial charge in [0.15, 0.2) is 0 Å². The molecule has 0 aromatic heterocycles. The van der Waals surface area contributed by atoms with E-state index in [9.17, 15) is 4.79 Å². The van der Waals surface area contributed by atoms with Crippen molar-refractivity contribution in [2.45, 2.75) is 27.7 Å². The number of benzene rings is 4. The van der Waals surface area contributed by atoms with E-state index >= 15 is 0 Å². The molecule has 31 heavy (non-hydrogen) atoms. The van der Waals surface area contributed by atoms with E-state index in [0.29, 0.717) is 0 Å². The summed E-state index contributed by atoms with van der Waals surface area (Å²) < 4.78 is 0. The van der Waals surface area contributed by atoms with E-state index in [1.807, 2.05) is 0 Å². The molecule has 156 valence electrons. The van der Waals surface area contributed by atoms with Gasteiger partial charge in [0.1, 0.15) is 0 Å². The Hall–Kier alpha value is -3.02. The van der Waals surface area contributed by atoms with Gasteiger partial charge in [0.2, 0.25) is 0 Å². The zero-order valence-corrected chi connectivity index (χ0v) is 19.6. The van der Waals surface area contributed by atoms with E-state index in [-0.39, 0.29) is 0 Å². The van der Waals surface area contributed by atoms with Crippen molar-refractivity contribution in [1.29, 1.82) is 0 Å². The van der Waals surface area contributed by atoms with Crippen LogP contribution in [-0.2, 0) is 4.79 Å². The number of rotatable bonds is 5. The van der Waals surface area contributed by atoms with Crippen LogP contribution in [0.25, 0.3) is 0 Å². The van der Waals surface area contributed by atoms with Crippen molar-refractivity contribution < 1.29 is 4.79 Å². The summed E-state index contributed by atoms with van der Waals surface area (Å²) in [5.41, 5.74) is 4.73. The molecule has 0 amide bonds. The first-order valence-corrected chi connectivity index (χ1v) is 13.0. The minimum absolute atomic E-state index is 1.07. The van der Waals surface area contributed by atoms with E-state index in [2.05, 4.69) is 125 Å². The Labute approximate surface area is 185 Å². The number of carbonyl (C=O) groups is 1. The molecule has 0 bridgehead atoms. The summed E-state index contributed by atoms with van der Waals surface area (Å²) in [6.07, 6.45) is 0. The molecule has 0 saturated carbocycles. The van der Waals surface area contributed by atoms with Gasteiger partial charge in [0.05, 0.1) is 0 Å². The molecule has 4 rings (SSSR count). The molecule has 0 radical (unpaired) electrons. The van der Waals surface area contributed by atoms with Crippen molar-refractivity contribution in [3.8, 4) is 0 Å². The SMILES string of the molecule is Cc1ccc(P(C=O)(c2ccc(C)cc2)(c2ccc(C)cc2)c2ccc(C)cc2)cc1. The molecular weight excluding hydrogens is 395 g/mol. The Morgan fingerprint density at radius 2 is 0.613 bits per heavy atom. The zero-order chi connectivity index (χ0) is 22.1. The van der Waals surface area contributed by atoms with Crippen molar-refractivity contribution in [3.63, 3.8) is 0 Å². The van der Waals surface area contributed by atoms with Gasteiger partial charge in [-0.05, 0) is 0 Å². The first-order chi connectivity index (χ1) is 14.9. The van der Waals surface area contributed by atoms with Crippen LogP contribution >= 0.6 is 6.60 Å². The summed E-state index contributed by atoms with van der Waals surface area (Å²) in [5, 5.41) is 4.29. The van der Waals surface area contributed by atoms with Crippen LogP contribution < -0.4 is 21.2 Å². The summed E-state index contributed by atoms with van der Waals surface area (Å²) in [7, 11) is 0. The fourth-order valence-corrected chi connectivity index (χ4v) is 9.90. The van der Waals surface area contributed by atoms with E-state index in [0.717, 1.165) is 21.2 Å². The van der Waals surface area contributed by atoms with E-state index in [1.165, 1.54) is 28.3 Å². The Kier molecular flexibility index (Phi) is 5.42. The molecule has 0 N–H and O–H groups in total. The van der Waals surface area contributed by atoms with Gasteiger partial charge in [0, 0.05) is 0 Å². The molecule has 0 spiro atoms. The van der Waals surface area contributed by atoms with Crippen molar-refractivity contribution >= 4 is 33.8 Å². The first kappa shape index (κ1) is 21.2. The van der Waals surface area contributed by atoms with E-state index in [1.54, 1.807) is 0 Å². The van der Waals surface area contributed by atoms with Crippen LogP contribution in [0.1, 0.15) is 22.3 Å². The van der Waals surface area contributed by atoms with Crippen molar-refractivity contribution in [3.05, 3.63) is 119 Å². The van der Waals surface area contributed by atoms with Gasteiger partial charge in [-0.3, -0.25) is 0 Å². The number of aryl methyl sites for hydroxylation is 4.